The van der Waals surface area contributed by atoms with E-state index in [1.807, 2.05) is 0 Å². The molecule has 0 aliphatic rings. The van der Waals surface area contributed by atoms with Crippen LogP contribution in [0, 0.1) is 0 Å². The highest BCUT2D eigenvalue weighted by Crippen LogP contribution is 2.14. The van der Waals surface area contributed by atoms with E-state index in [1.165, 1.54) is 232 Å². The van der Waals surface area contributed by atoms with Gasteiger partial charge in [-0.15, -0.1) is 0 Å². The standard InChI is InChI=1S/C42H88N2O/c1-4-7-10-13-16-19-22-25-28-31-36-43(37-32-29-26-23-20-17-14-11-8-5-2)39-34-40-44(41-35-42-45)38-33-30-27-24-21-18-15-12-9-6-3/h45H,4-42H2,1-3H3. The van der Waals surface area contributed by atoms with Gasteiger partial charge in [0.05, 0.1) is 0 Å². The third-order valence-electron chi connectivity index (χ3n) is 10.1. The molecule has 45 heavy (non-hydrogen) atoms. The van der Waals surface area contributed by atoms with Gasteiger partial charge in [-0.1, -0.05) is 194 Å². The predicted octanol–water partition coefficient (Wildman–Crippen LogP) is 13.1. The Morgan fingerprint density at radius 1 is 0.244 bits per heavy atom. The molecule has 272 valence electrons. The normalized spacial score (nSPS) is 11.9. The zero-order valence-corrected chi connectivity index (χ0v) is 31.9. The number of rotatable bonds is 40. The zero-order chi connectivity index (χ0) is 32.7. The average Bonchev–Trinajstić information content (AvgIpc) is 3.05. The minimum Gasteiger partial charge on any atom is -0.396 e. The molecule has 0 atom stereocenters. The summed E-state index contributed by atoms with van der Waals surface area (Å²) < 4.78 is 0. The first-order valence-corrected chi connectivity index (χ1v) is 21.3. The van der Waals surface area contributed by atoms with Crippen LogP contribution in [0.5, 0.6) is 0 Å². The average molecular weight is 637 g/mol. The molecular formula is C42H88N2O. The topological polar surface area (TPSA) is 26.7 Å². The summed E-state index contributed by atoms with van der Waals surface area (Å²) in [5, 5.41) is 9.49. The van der Waals surface area contributed by atoms with Crippen molar-refractivity contribution in [2.75, 3.05) is 45.9 Å². The molecule has 0 amide bonds. The van der Waals surface area contributed by atoms with Crippen LogP contribution in [-0.4, -0.2) is 60.8 Å². The zero-order valence-electron chi connectivity index (χ0n) is 31.9. The molecular weight excluding hydrogens is 548 g/mol. The summed E-state index contributed by atoms with van der Waals surface area (Å²) >= 11 is 0. The molecule has 3 nitrogen and oxygen atoms in total. The lowest BCUT2D eigenvalue weighted by atomic mass is 10.1. The first-order chi connectivity index (χ1) is 22.3. The minimum absolute atomic E-state index is 0.331. The van der Waals surface area contributed by atoms with E-state index < -0.39 is 0 Å². The van der Waals surface area contributed by atoms with Crippen molar-refractivity contribution in [2.24, 2.45) is 0 Å². The van der Waals surface area contributed by atoms with Crippen LogP contribution >= 0.6 is 0 Å². The molecule has 0 rings (SSSR count). The van der Waals surface area contributed by atoms with E-state index in [0.29, 0.717) is 6.61 Å². The van der Waals surface area contributed by atoms with Crippen molar-refractivity contribution in [3.8, 4) is 0 Å². The lowest BCUT2D eigenvalue weighted by molar-refractivity contribution is 0.199. The highest BCUT2D eigenvalue weighted by atomic mass is 16.3. The van der Waals surface area contributed by atoms with Crippen LogP contribution in [0.25, 0.3) is 0 Å². The van der Waals surface area contributed by atoms with E-state index in [0.717, 1.165) is 13.0 Å². The largest absolute Gasteiger partial charge is 0.396 e. The highest BCUT2D eigenvalue weighted by Gasteiger charge is 2.09. The van der Waals surface area contributed by atoms with Crippen LogP contribution in [0.4, 0.5) is 0 Å². The summed E-state index contributed by atoms with van der Waals surface area (Å²) in [5.74, 6) is 0. The van der Waals surface area contributed by atoms with Gasteiger partial charge in [0.25, 0.3) is 0 Å². The summed E-state index contributed by atoms with van der Waals surface area (Å²) in [7, 11) is 0. The number of aliphatic hydroxyl groups excluding tert-OH is 1. The lowest BCUT2D eigenvalue weighted by Crippen LogP contribution is -2.33. The first kappa shape index (κ1) is 44.9. The molecule has 0 aliphatic carbocycles. The Labute approximate surface area is 286 Å². The SMILES string of the molecule is CCCCCCCCCCCCN(CCCO)CCCN(CCCCCCCCCCCC)CCCCCCCCCCCC. The maximum absolute atomic E-state index is 9.49. The van der Waals surface area contributed by atoms with Crippen LogP contribution in [0.1, 0.15) is 226 Å². The number of nitrogens with zero attached hydrogens (tertiary/aromatic N) is 2. The van der Waals surface area contributed by atoms with Crippen molar-refractivity contribution in [1.82, 2.24) is 9.80 Å². The van der Waals surface area contributed by atoms with E-state index >= 15 is 0 Å². The predicted molar refractivity (Wildman–Crippen MR) is 205 cm³/mol. The molecule has 0 spiro atoms. The third kappa shape index (κ3) is 36.6. The van der Waals surface area contributed by atoms with E-state index in [9.17, 15) is 5.11 Å². The summed E-state index contributed by atoms with van der Waals surface area (Å²) in [6, 6.07) is 0. The van der Waals surface area contributed by atoms with Crippen molar-refractivity contribution in [3.05, 3.63) is 0 Å². The lowest BCUT2D eigenvalue weighted by Gasteiger charge is -2.26. The van der Waals surface area contributed by atoms with Gasteiger partial charge in [-0.2, -0.15) is 0 Å². The van der Waals surface area contributed by atoms with Crippen LogP contribution in [-0.2, 0) is 0 Å². The molecule has 0 aromatic carbocycles. The summed E-state index contributed by atoms with van der Waals surface area (Å²) in [6.07, 6.45) is 44.9. The Morgan fingerprint density at radius 3 is 0.689 bits per heavy atom. The number of hydrogen-bond donors (Lipinski definition) is 1. The summed E-state index contributed by atoms with van der Waals surface area (Å²) in [6.45, 7) is 14.7. The van der Waals surface area contributed by atoms with Crippen LogP contribution in [0.3, 0.4) is 0 Å². The Morgan fingerprint density at radius 2 is 0.444 bits per heavy atom. The number of hydrogen-bond acceptors (Lipinski definition) is 3. The Balaban J connectivity index is 4.31. The maximum Gasteiger partial charge on any atom is 0.0443 e. The van der Waals surface area contributed by atoms with Gasteiger partial charge in [0.15, 0.2) is 0 Å². The van der Waals surface area contributed by atoms with Crippen molar-refractivity contribution in [2.45, 2.75) is 226 Å². The smallest absolute Gasteiger partial charge is 0.0443 e. The molecule has 0 unspecified atom stereocenters. The van der Waals surface area contributed by atoms with Gasteiger partial charge in [0.1, 0.15) is 0 Å². The maximum atomic E-state index is 9.49. The molecule has 0 aromatic rings. The number of aliphatic hydroxyl groups is 1. The quantitative estimate of drug-likeness (QED) is 0.0678. The van der Waals surface area contributed by atoms with E-state index in [2.05, 4.69) is 30.6 Å². The summed E-state index contributed by atoms with van der Waals surface area (Å²) in [4.78, 5) is 5.49. The molecule has 0 radical (unpaired) electrons. The Kier molecular flexibility index (Phi) is 39.9. The third-order valence-corrected chi connectivity index (χ3v) is 10.1. The van der Waals surface area contributed by atoms with E-state index in [4.69, 9.17) is 0 Å². The van der Waals surface area contributed by atoms with Gasteiger partial charge in [-0.3, -0.25) is 0 Å². The van der Waals surface area contributed by atoms with Gasteiger partial charge in [-0.05, 0) is 64.8 Å². The fourth-order valence-corrected chi connectivity index (χ4v) is 6.95. The van der Waals surface area contributed by atoms with Crippen molar-refractivity contribution >= 4 is 0 Å². The molecule has 0 fully saturated rings. The highest BCUT2D eigenvalue weighted by molar-refractivity contribution is 4.64. The fourth-order valence-electron chi connectivity index (χ4n) is 6.95. The Hall–Kier alpha value is -0.120. The van der Waals surface area contributed by atoms with Crippen LogP contribution < -0.4 is 0 Å². The molecule has 0 aliphatic heterocycles. The second-order valence-corrected chi connectivity index (χ2v) is 14.7. The number of unbranched alkanes of at least 4 members (excludes halogenated alkanes) is 27. The van der Waals surface area contributed by atoms with E-state index in [1.54, 1.807) is 0 Å². The van der Waals surface area contributed by atoms with E-state index in [-0.39, 0.29) is 0 Å². The van der Waals surface area contributed by atoms with Crippen molar-refractivity contribution in [3.63, 3.8) is 0 Å². The van der Waals surface area contributed by atoms with Gasteiger partial charge in [0.2, 0.25) is 0 Å². The van der Waals surface area contributed by atoms with Crippen LogP contribution in [0.15, 0.2) is 0 Å². The molecule has 0 bridgehead atoms. The summed E-state index contributed by atoms with van der Waals surface area (Å²) in [5.41, 5.74) is 0. The fraction of sp³-hybridized carbons (Fsp3) is 1.00. The first-order valence-electron chi connectivity index (χ1n) is 21.3. The van der Waals surface area contributed by atoms with Crippen molar-refractivity contribution in [1.29, 1.82) is 0 Å². The minimum atomic E-state index is 0.331. The monoisotopic (exact) mass is 637 g/mol. The van der Waals surface area contributed by atoms with Gasteiger partial charge in [-0.25, -0.2) is 0 Å². The second-order valence-electron chi connectivity index (χ2n) is 14.7. The van der Waals surface area contributed by atoms with Gasteiger partial charge in [0, 0.05) is 13.2 Å². The Bertz CT molecular complexity index is 489. The van der Waals surface area contributed by atoms with Crippen molar-refractivity contribution < 1.29 is 5.11 Å². The molecule has 0 heterocycles. The molecule has 1 N–H and O–H groups in total. The molecule has 0 saturated carbocycles. The molecule has 0 aromatic heterocycles. The van der Waals surface area contributed by atoms with Crippen LogP contribution in [0.2, 0.25) is 0 Å². The molecule has 3 heteroatoms. The molecule has 0 saturated heterocycles. The van der Waals surface area contributed by atoms with Gasteiger partial charge < -0.3 is 14.9 Å². The second kappa shape index (κ2) is 40.1. The van der Waals surface area contributed by atoms with Gasteiger partial charge >= 0.3 is 0 Å².